The summed E-state index contributed by atoms with van der Waals surface area (Å²) in [5.41, 5.74) is 2.92. The Morgan fingerprint density at radius 1 is 1.11 bits per heavy atom. The molecule has 3 amide bonds. The molecule has 1 aliphatic heterocycles. The second-order valence-corrected chi connectivity index (χ2v) is 9.49. The molecule has 184 valence electrons. The Hall–Kier alpha value is -3.36. The fraction of sp³-hybridized carbons (Fsp3) is 0.333. The highest BCUT2D eigenvalue weighted by Gasteiger charge is 2.33. The number of rotatable bonds is 9. The van der Waals surface area contributed by atoms with Crippen molar-refractivity contribution in [2.24, 2.45) is 0 Å². The van der Waals surface area contributed by atoms with Crippen LogP contribution in [0.25, 0.3) is 0 Å². The highest BCUT2D eigenvalue weighted by Crippen LogP contribution is 2.34. The molecule has 3 aromatic rings. The van der Waals surface area contributed by atoms with Crippen LogP contribution in [-0.2, 0) is 16.0 Å². The average molecular weight is 494 g/mol. The number of carbonyl (C=O) groups is 2. The fourth-order valence-electron chi connectivity index (χ4n) is 4.11. The molecule has 0 bridgehead atoms. The number of benzene rings is 2. The quantitative estimate of drug-likeness (QED) is 0.467. The summed E-state index contributed by atoms with van der Waals surface area (Å²) in [5, 5.41) is 4.96. The van der Waals surface area contributed by atoms with Crippen molar-refractivity contribution in [2.75, 3.05) is 45.3 Å². The zero-order valence-electron chi connectivity index (χ0n) is 20.1. The molecule has 0 unspecified atom stereocenters. The zero-order chi connectivity index (χ0) is 24.6. The van der Waals surface area contributed by atoms with Crippen molar-refractivity contribution >= 4 is 29.0 Å². The monoisotopic (exact) mass is 493 g/mol. The number of aryl methyl sites for hydroxylation is 1. The molecule has 0 saturated carbocycles. The van der Waals surface area contributed by atoms with Gasteiger partial charge in [-0.15, -0.1) is 11.3 Å². The van der Waals surface area contributed by atoms with Gasteiger partial charge in [0.2, 0.25) is 5.91 Å². The molecule has 1 N–H and O–H groups in total. The largest absolute Gasteiger partial charge is 0.491 e. The fourth-order valence-corrected chi connectivity index (χ4v) is 5.04. The van der Waals surface area contributed by atoms with E-state index < -0.39 is 0 Å². The Bertz CT molecular complexity index is 1120. The zero-order valence-corrected chi connectivity index (χ0v) is 20.9. The highest BCUT2D eigenvalue weighted by atomic mass is 32.1. The van der Waals surface area contributed by atoms with Crippen molar-refractivity contribution in [1.82, 2.24) is 9.80 Å². The third kappa shape index (κ3) is 6.41. The van der Waals surface area contributed by atoms with E-state index in [2.05, 4.69) is 16.8 Å². The highest BCUT2D eigenvalue weighted by molar-refractivity contribution is 7.10. The lowest BCUT2D eigenvalue weighted by Crippen LogP contribution is -2.49. The van der Waals surface area contributed by atoms with Gasteiger partial charge < -0.3 is 24.6 Å². The van der Waals surface area contributed by atoms with E-state index in [9.17, 15) is 9.59 Å². The van der Waals surface area contributed by atoms with Crippen LogP contribution in [0, 0.1) is 6.92 Å². The predicted molar refractivity (Wildman–Crippen MR) is 138 cm³/mol. The molecule has 2 aromatic carbocycles. The first-order valence-electron chi connectivity index (χ1n) is 11.7. The minimum atomic E-state index is -0.329. The Morgan fingerprint density at radius 2 is 1.89 bits per heavy atom. The van der Waals surface area contributed by atoms with Gasteiger partial charge in [0, 0.05) is 30.8 Å². The first-order chi connectivity index (χ1) is 17.0. The molecular formula is C27H31N3O4S. The van der Waals surface area contributed by atoms with E-state index >= 15 is 0 Å². The number of fused-ring (bicyclic) bond motifs is 1. The Labute approximate surface area is 210 Å². The minimum Gasteiger partial charge on any atom is -0.491 e. The van der Waals surface area contributed by atoms with Crippen LogP contribution in [0.3, 0.4) is 0 Å². The Balaban J connectivity index is 1.47. The van der Waals surface area contributed by atoms with Crippen LogP contribution in [-0.4, -0.2) is 61.7 Å². The maximum atomic E-state index is 13.5. The normalized spacial score (nSPS) is 14.8. The third-order valence-corrected chi connectivity index (χ3v) is 7.04. The van der Waals surface area contributed by atoms with E-state index in [0.29, 0.717) is 32.0 Å². The van der Waals surface area contributed by atoms with E-state index in [-0.39, 0.29) is 24.5 Å². The molecule has 0 saturated heterocycles. The molecule has 0 fully saturated rings. The second kappa shape index (κ2) is 11.9. The number of thiophene rings is 1. The maximum absolute atomic E-state index is 13.5. The lowest BCUT2D eigenvalue weighted by atomic mass is 10.0. The molecule has 35 heavy (non-hydrogen) atoms. The van der Waals surface area contributed by atoms with Crippen LogP contribution >= 0.6 is 11.3 Å². The van der Waals surface area contributed by atoms with Crippen LogP contribution in [0.1, 0.15) is 22.0 Å². The van der Waals surface area contributed by atoms with Crippen molar-refractivity contribution in [1.29, 1.82) is 0 Å². The van der Waals surface area contributed by atoms with Crippen molar-refractivity contribution in [3.8, 4) is 5.75 Å². The number of nitrogens with one attached hydrogen (secondary N) is 1. The number of urea groups is 1. The molecule has 0 spiro atoms. The predicted octanol–water partition coefficient (Wildman–Crippen LogP) is 4.74. The smallest absolute Gasteiger partial charge is 0.322 e. The van der Waals surface area contributed by atoms with Gasteiger partial charge in [0.25, 0.3) is 0 Å². The van der Waals surface area contributed by atoms with Crippen molar-refractivity contribution in [3.63, 3.8) is 0 Å². The number of hydrogen-bond donors (Lipinski definition) is 1. The summed E-state index contributed by atoms with van der Waals surface area (Å²) >= 11 is 1.71. The van der Waals surface area contributed by atoms with Crippen LogP contribution < -0.4 is 10.1 Å². The number of methoxy groups -OCH3 is 1. The third-order valence-electron chi connectivity index (χ3n) is 6.05. The van der Waals surface area contributed by atoms with Gasteiger partial charge in [-0.3, -0.25) is 4.79 Å². The van der Waals surface area contributed by atoms with Gasteiger partial charge in [0.1, 0.15) is 18.9 Å². The molecule has 0 radical (unpaired) electrons. The molecular weight excluding hydrogens is 462 g/mol. The molecule has 2 heterocycles. The van der Waals surface area contributed by atoms with E-state index in [0.717, 1.165) is 23.3 Å². The maximum Gasteiger partial charge on any atom is 0.322 e. The van der Waals surface area contributed by atoms with Gasteiger partial charge in [-0.05, 0) is 54.6 Å². The summed E-state index contributed by atoms with van der Waals surface area (Å²) in [6.07, 6.45) is 0.800. The number of hydrogen-bond acceptors (Lipinski definition) is 5. The topological polar surface area (TPSA) is 71.1 Å². The summed E-state index contributed by atoms with van der Waals surface area (Å²) in [5.74, 6) is 0.653. The number of anilines is 1. The van der Waals surface area contributed by atoms with Gasteiger partial charge in [0.15, 0.2) is 0 Å². The molecule has 8 heteroatoms. The number of nitrogens with zero attached hydrogens (tertiary/aromatic N) is 2. The van der Waals surface area contributed by atoms with Gasteiger partial charge in [-0.25, -0.2) is 4.79 Å². The van der Waals surface area contributed by atoms with Gasteiger partial charge in [-0.2, -0.15) is 0 Å². The summed E-state index contributed by atoms with van der Waals surface area (Å²) in [7, 11) is 1.58. The molecule has 4 rings (SSSR count). The number of para-hydroxylation sites is 1. The number of amides is 3. The van der Waals surface area contributed by atoms with E-state index in [1.54, 1.807) is 18.4 Å². The SMILES string of the molecule is COCCN(CC(=O)N1CCc2sccc2[C@H]1COc1ccccc1)C(=O)Nc1ccc(C)cc1. The van der Waals surface area contributed by atoms with Gasteiger partial charge in [0.05, 0.1) is 12.6 Å². The Morgan fingerprint density at radius 3 is 2.63 bits per heavy atom. The van der Waals surface area contributed by atoms with Crippen LogP contribution in [0.2, 0.25) is 0 Å². The van der Waals surface area contributed by atoms with Crippen LogP contribution in [0.5, 0.6) is 5.75 Å². The van der Waals surface area contributed by atoms with Crippen molar-refractivity contribution in [3.05, 3.63) is 82.0 Å². The molecule has 1 aliphatic rings. The summed E-state index contributed by atoms with van der Waals surface area (Å²) in [6, 6.07) is 18.7. The second-order valence-electron chi connectivity index (χ2n) is 8.49. The van der Waals surface area contributed by atoms with E-state index in [4.69, 9.17) is 9.47 Å². The summed E-state index contributed by atoms with van der Waals surface area (Å²) in [6.45, 7) is 3.54. The van der Waals surface area contributed by atoms with Gasteiger partial charge in [-0.1, -0.05) is 35.9 Å². The summed E-state index contributed by atoms with van der Waals surface area (Å²) < 4.78 is 11.3. The number of ether oxygens (including phenoxy) is 2. The molecule has 1 atom stereocenters. The lowest BCUT2D eigenvalue weighted by molar-refractivity contribution is -0.135. The van der Waals surface area contributed by atoms with Crippen molar-refractivity contribution < 1.29 is 19.1 Å². The summed E-state index contributed by atoms with van der Waals surface area (Å²) in [4.78, 5) is 31.2. The van der Waals surface area contributed by atoms with Gasteiger partial charge >= 0.3 is 6.03 Å². The van der Waals surface area contributed by atoms with Crippen LogP contribution in [0.15, 0.2) is 66.0 Å². The van der Waals surface area contributed by atoms with E-state index in [1.165, 1.54) is 9.78 Å². The minimum absolute atomic E-state index is 0.0393. The standard InChI is InChI=1S/C27H31N3O4S/c1-20-8-10-21(11-9-20)28-27(32)29(15-16-33-2)18-26(31)30-14-12-25-23(13-17-35-25)24(30)19-34-22-6-4-3-5-7-22/h3-11,13,17,24H,12,14-16,18-19H2,1-2H3,(H,28,32)/t24-/m1/s1. The molecule has 1 aromatic heterocycles. The molecule has 0 aliphatic carbocycles. The first kappa shape index (κ1) is 24.8. The first-order valence-corrected chi connectivity index (χ1v) is 12.6. The van der Waals surface area contributed by atoms with Crippen LogP contribution in [0.4, 0.5) is 10.5 Å². The molecule has 7 nitrogen and oxygen atoms in total. The Kier molecular flexibility index (Phi) is 8.39. The van der Waals surface area contributed by atoms with E-state index in [1.807, 2.05) is 66.4 Å². The lowest BCUT2D eigenvalue weighted by Gasteiger charge is -2.37. The average Bonchev–Trinajstić information content (AvgIpc) is 3.36. The van der Waals surface area contributed by atoms with Crippen molar-refractivity contribution in [2.45, 2.75) is 19.4 Å². The number of carbonyl (C=O) groups excluding carboxylic acids is 2.